The van der Waals surface area contributed by atoms with E-state index in [2.05, 4.69) is 6.92 Å². The van der Waals surface area contributed by atoms with E-state index in [0.29, 0.717) is 36.7 Å². The van der Waals surface area contributed by atoms with Gasteiger partial charge in [-0.3, -0.25) is 9.59 Å². The molecule has 4 aliphatic carbocycles. The third-order valence-corrected chi connectivity index (χ3v) is 8.84. The van der Waals surface area contributed by atoms with Crippen LogP contribution in [0.15, 0.2) is 0 Å². The number of aliphatic hydroxyl groups is 1. The molecule has 1 N–H and O–H groups in total. The second-order valence-corrected chi connectivity index (χ2v) is 10.4. The first-order valence-electron chi connectivity index (χ1n) is 11.2. The summed E-state index contributed by atoms with van der Waals surface area (Å²) in [7, 11) is 0. The minimum absolute atomic E-state index is 0.157. The van der Waals surface area contributed by atoms with E-state index in [4.69, 9.17) is 4.74 Å². The van der Waals surface area contributed by atoms with Gasteiger partial charge in [-0.2, -0.15) is 0 Å². The van der Waals surface area contributed by atoms with Gasteiger partial charge >= 0.3 is 5.97 Å². The molecule has 4 heteroatoms. The van der Waals surface area contributed by atoms with E-state index in [1.165, 1.54) is 12.8 Å². The summed E-state index contributed by atoms with van der Waals surface area (Å²) in [6.45, 7) is 6.29. The van der Waals surface area contributed by atoms with Gasteiger partial charge in [0.1, 0.15) is 5.92 Å². The molecule has 4 aliphatic rings. The highest BCUT2D eigenvalue weighted by atomic mass is 16.5. The summed E-state index contributed by atoms with van der Waals surface area (Å²) in [6.07, 6.45) is 9.10. The van der Waals surface area contributed by atoms with Crippen LogP contribution in [0.4, 0.5) is 0 Å². The highest BCUT2D eigenvalue weighted by molar-refractivity contribution is 6.02. The Morgan fingerprint density at radius 3 is 2.52 bits per heavy atom. The van der Waals surface area contributed by atoms with Gasteiger partial charge in [0.2, 0.25) is 0 Å². The maximum Gasteiger partial charge on any atom is 0.316 e. The number of esters is 1. The summed E-state index contributed by atoms with van der Waals surface area (Å²) in [6, 6.07) is 0. The van der Waals surface area contributed by atoms with Crippen molar-refractivity contribution in [2.75, 3.05) is 6.61 Å². The van der Waals surface area contributed by atoms with Gasteiger partial charge < -0.3 is 9.84 Å². The Bertz CT molecular complexity index is 611. The fourth-order valence-corrected chi connectivity index (χ4v) is 7.58. The van der Waals surface area contributed by atoms with Gasteiger partial charge in [0.15, 0.2) is 5.78 Å². The molecule has 0 saturated heterocycles. The topological polar surface area (TPSA) is 63.6 Å². The number of carbonyl (C=O) groups excluding carboxylic acids is 2. The zero-order valence-corrected chi connectivity index (χ0v) is 17.2. The predicted octanol–water partition coefficient (Wildman–Crippen LogP) is 4.14. The van der Waals surface area contributed by atoms with Crippen molar-refractivity contribution in [3.63, 3.8) is 0 Å². The molecular weight excluding hydrogens is 340 g/mol. The van der Waals surface area contributed by atoms with E-state index in [1.807, 2.05) is 6.92 Å². The largest absolute Gasteiger partial charge is 0.465 e. The van der Waals surface area contributed by atoms with Crippen molar-refractivity contribution < 1.29 is 19.4 Å². The molecule has 0 aromatic heterocycles. The molecule has 4 fully saturated rings. The van der Waals surface area contributed by atoms with E-state index in [-0.39, 0.29) is 17.2 Å². The molecule has 0 aromatic rings. The number of rotatable bonds is 2. The lowest BCUT2D eigenvalue weighted by atomic mass is 9.45. The van der Waals surface area contributed by atoms with Gasteiger partial charge in [-0.05, 0) is 101 Å². The average Bonchev–Trinajstić information content (AvgIpc) is 2.61. The van der Waals surface area contributed by atoms with E-state index in [1.54, 1.807) is 6.92 Å². The second kappa shape index (κ2) is 6.86. The molecule has 0 heterocycles. The number of ether oxygens (including phenoxy) is 1. The zero-order chi connectivity index (χ0) is 19.4. The Hall–Kier alpha value is -0.900. The van der Waals surface area contributed by atoms with Crippen molar-refractivity contribution in [3.8, 4) is 0 Å². The molecule has 0 amide bonds. The lowest BCUT2D eigenvalue weighted by Crippen LogP contribution is -2.56. The Labute approximate surface area is 163 Å². The lowest BCUT2D eigenvalue weighted by Gasteiger charge is -2.58. The van der Waals surface area contributed by atoms with Gasteiger partial charge in [-0.1, -0.05) is 6.92 Å². The van der Waals surface area contributed by atoms with Gasteiger partial charge in [0, 0.05) is 5.41 Å². The van der Waals surface area contributed by atoms with Crippen LogP contribution in [-0.2, 0) is 14.3 Å². The molecule has 0 spiro atoms. The highest BCUT2D eigenvalue weighted by Crippen LogP contribution is 2.61. The second-order valence-electron chi connectivity index (χ2n) is 10.4. The van der Waals surface area contributed by atoms with Crippen LogP contribution in [0.25, 0.3) is 0 Å². The maximum atomic E-state index is 13.3. The zero-order valence-electron chi connectivity index (χ0n) is 17.2. The minimum atomic E-state index is -0.538. The summed E-state index contributed by atoms with van der Waals surface area (Å²) in [5.41, 5.74) is -0.825. The van der Waals surface area contributed by atoms with Crippen molar-refractivity contribution in [2.24, 2.45) is 40.9 Å². The molecule has 0 aliphatic heterocycles. The number of hydrogen-bond donors (Lipinski definition) is 1. The summed E-state index contributed by atoms with van der Waals surface area (Å²) >= 11 is 0. The normalized spacial score (nSPS) is 49.6. The highest BCUT2D eigenvalue weighted by Gasteiger charge is 2.58. The van der Waals surface area contributed by atoms with Gasteiger partial charge in [-0.15, -0.1) is 0 Å². The predicted molar refractivity (Wildman–Crippen MR) is 103 cm³/mol. The Kier molecular flexibility index (Phi) is 4.93. The van der Waals surface area contributed by atoms with Gasteiger partial charge in [0.25, 0.3) is 0 Å². The summed E-state index contributed by atoms with van der Waals surface area (Å²) in [5.74, 6) is 2.47. The van der Waals surface area contributed by atoms with Crippen molar-refractivity contribution in [1.29, 1.82) is 0 Å². The third-order valence-electron chi connectivity index (χ3n) is 8.84. The van der Waals surface area contributed by atoms with Crippen molar-refractivity contribution >= 4 is 11.8 Å². The fourth-order valence-electron chi connectivity index (χ4n) is 7.58. The summed E-state index contributed by atoms with van der Waals surface area (Å²) in [5, 5.41) is 10.5. The monoisotopic (exact) mass is 376 g/mol. The van der Waals surface area contributed by atoms with Crippen LogP contribution in [0.3, 0.4) is 0 Å². The SMILES string of the molecule is CCOC(=O)C1CC[C@H]2[C@@H]3CC[C@@H]4C[C@](C)(O)CC[C@@H]4[C@H]3CC[C@]2(C)C1=O. The van der Waals surface area contributed by atoms with Crippen LogP contribution in [-0.4, -0.2) is 29.1 Å². The quantitative estimate of drug-likeness (QED) is 0.581. The van der Waals surface area contributed by atoms with Crippen molar-refractivity contribution in [2.45, 2.75) is 84.2 Å². The summed E-state index contributed by atoms with van der Waals surface area (Å²) in [4.78, 5) is 25.6. The number of Topliss-reactive ketones (excluding diaryl/α,β-unsaturated/α-hetero) is 1. The van der Waals surface area contributed by atoms with Gasteiger partial charge in [-0.25, -0.2) is 0 Å². The maximum absolute atomic E-state index is 13.3. The van der Waals surface area contributed by atoms with E-state index >= 15 is 0 Å². The van der Waals surface area contributed by atoms with Crippen molar-refractivity contribution in [3.05, 3.63) is 0 Å². The molecule has 4 saturated carbocycles. The summed E-state index contributed by atoms with van der Waals surface area (Å²) < 4.78 is 5.19. The Balaban J connectivity index is 1.52. The first kappa shape index (κ1) is 19.4. The minimum Gasteiger partial charge on any atom is -0.465 e. The van der Waals surface area contributed by atoms with Crippen LogP contribution in [0.1, 0.15) is 78.6 Å². The van der Waals surface area contributed by atoms with Crippen molar-refractivity contribution in [1.82, 2.24) is 0 Å². The molecule has 0 aromatic carbocycles. The Morgan fingerprint density at radius 2 is 1.78 bits per heavy atom. The number of carbonyl (C=O) groups is 2. The molecule has 0 radical (unpaired) electrons. The van der Waals surface area contributed by atoms with Crippen LogP contribution < -0.4 is 0 Å². The van der Waals surface area contributed by atoms with Crippen LogP contribution in [0.5, 0.6) is 0 Å². The standard InChI is InChI=1S/C23H36O4/c1-4-27-21(25)18-7-8-19-17-6-5-14-13-22(2,26)11-9-15(14)16(17)10-12-23(19,3)20(18)24/h14-19,26H,4-13H2,1-3H3/t14-,15+,16-,17-,18?,19+,22-,23+/m1/s1. The van der Waals surface area contributed by atoms with Crippen LogP contribution in [0, 0.1) is 40.9 Å². The van der Waals surface area contributed by atoms with E-state index < -0.39 is 11.5 Å². The van der Waals surface area contributed by atoms with Gasteiger partial charge in [0.05, 0.1) is 12.2 Å². The molecular formula is C23H36O4. The molecule has 152 valence electrons. The Morgan fingerprint density at radius 1 is 1.04 bits per heavy atom. The smallest absolute Gasteiger partial charge is 0.316 e. The fraction of sp³-hybridized carbons (Fsp3) is 0.913. The first-order valence-corrected chi connectivity index (χ1v) is 11.2. The molecule has 1 unspecified atom stereocenters. The number of ketones is 1. The van der Waals surface area contributed by atoms with Crippen LogP contribution in [0.2, 0.25) is 0 Å². The third kappa shape index (κ3) is 3.16. The molecule has 8 atom stereocenters. The molecule has 4 rings (SSSR count). The number of fused-ring (bicyclic) bond motifs is 5. The first-order chi connectivity index (χ1) is 12.8. The van der Waals surface area contributed by atoms with Crippen LogP contribution >= 0.6 is 0 Å². The van der Waals surface area contributed by atoms with E-state index in [0.717, 1.165) is 44.4 Å². The van der Waals surface area contributed by atoms with E-state index in [9.17, 15) is 14.7 Å². The lowest BCUT2D eigenvalue weighted by molar-refractivity contribution is -0.166. The average molecular weight is 377 g/mol. The number of hydrogen-bond acceptors (Lipinski definition) is 4. The molecule has 4 nitrogen and oxygen atoms in total. The molecule has 27 heavy (non-hydrogen) atoms. The molecule has 0 bridgehead atoms.